The number of sulfonamides is 1. The summed E-state index contributed by atoms with van der Waals surface area (Å²) in [6.07, 6.45) is 5.63. The molecule has 1 aliphatic rings. The molecule has 0 atom stereocenters. The standard InChI is InChI=1S/C21H25N7O2S2/c1-3-15-4-5-19(31-15)32(29,30)27-14-6-8-28(9-7-14)21-16-10-18(17-11-24-26-13(17)2)25-20(16)22-12-23-21/h4-5,10-12,14,27H,3,6-9H2,1-2H3,(H,24,26)(H,22,23,25). The van der Waals surface area contributed by atoms with Gasteiger partial charge in [-0.05, 0) is 44.4 Å². The van der Waals surface area contributed by atoms with Crippen molar-refractivity contribution >= 4 is 38.2 Å². The van der Waals surface area contributed by atoms with Gasteiger partial charge >= 0.3 is 0 Å². The van der Waals surface area contributed by atoms with Crippen LogP contribution in [0.1, 0.15) is 30.3 Å². The molecule has 0 bridgehead atoms. The van der Waals surface area contributed by atoms with Crippen LogP contribution in [0.2, 0.25) is 0 Å². The topological polar surface area (TPSA) is 120 Å². The highest BCUT2D eigenvalue weighted by atomic mass is 32.2. The Hall–Kier alpha value is -2.76. The third-order valence-corrected chi connectivity index (χ3v) is 9.13. The van der Waals surface area contributed by atoms with E-state index >= 15 is 0 Å². The molecule has 9 nitrogen and oxygen atoms in total. The van der Waals surface area contributed by atoms with Gasteiger partial charge in [0, 0.05) is 35.3 Å². The van der Waals surface area contributed by atoms with Crippen LogP contribution < -0.4 is 9.62 Å². The van der Waals surface area contributed by atoms with E-state index in [2.05, 4.69) is 40.8 Å². The van der Waals surface area contributed by atoms with E-state index in [9.17, 15) is 8.42 Å². The van der Waals surface area contributed by atoms with Gasteiger partial charge in [0.15, 0.2) is 0 Å². The monoisotopic (exact) mass is 471 g/mol. The molecule has 0 spiro atoms. The summed E-state index contributed by atoms with van der Waals surface area (Å²) in [5.74, 6) is 0.866. The van der Waals surface area contributed by atoms with Gasteiger partial charge in [-0.15, -0.1) is 11.3 Å². The van der Waals surface area contributed by atoms with Gasteiger partial charge in [-0.1, -0.05) is 6.92 Å². The molecule has 11 heteroatoms. The first-order valence-corrected chi connectivity index (χ1v) is 12.9. The van der Waals surface area contributed by atoms with E-state index in [1.807, 2.05) is 19.9 Å². The number of rotatable bonds is 6. The zero-order valence-electron chi connectivity index (χ0n) is 17.9. The summed E-state index contributed by atoms with van der Waals surface area (Å²) in [7, 11) is -3.48. The highest BCUT2D eigenvalue weighted by Crippen LogP contribution is 2.31. The molecule has 32 heavy (non-hydrogen) atoms. The average Bonchev–Trinajstić information content (AvgIpc) is 3.52. The molecule has 0 saturated carbocycles. The first-order chi connectivity index (χ1) is 15.4. The Morgan fingerprint density at radius 1 is 1.25 bits per heavy atom. The number of anilines is 1. The second-order valence-corrected chi connectivity index (χ2v) is 11.1. The number of fused-ring (bicyclic) bond motifs is 1. The third kappa shape index (κ3) is 3.91. The van der Waals surface area contributed by atoms with Gasteiger partial charge < -0.3 is 9.88 Å². The first-order valence-electron chi connectivity index (χ1n) is 10.6. The molecule has 0 unspecified atom stereocenters. The molecule has 1 saturated heterocycles. The maximum Gasteiger partial charge on any atom is 0.250 e. The molecule has 1 fully saturated rings. The fraction of sp³-hybridized carbons (Fsp3) is 0.381. The lowest BCUT2D eigenvalue weighted by Gasteiger charge is -2.33. The largest absolute Gasteiger partial charge is 0.356 e. The second-order valence-electron chi connectivity index (χ2n) is 8.01. The summed E-state index contributed by atoms with van der Waals surface area (Å²) in [6, 6.07) is 5.55. The SMILES string of the molecule is CCc1ccc(S(=O)(=O)NC2CCN(c3ncnc4[nH]c(-c5cn[nH]c5C)cc34)CC2)s1. The number of nitrogens with one attached hydrogen (secondary N) is 3. The van der Waals surface area contributed by atoms with Crippen molar-refractivity contribution in [1.29, 1.82) is 0 Å². The normalized spacial score (nSPS) is 15.6. The Kier molecular flexibility index (Phi) is 5.48. The number of hydrogen-bond acceptors (Lipinski definition) is 7. The van der Waals surface area contributed by atoms with E-state index in [0.717, 1.165) is 71.0 Å². The average molecular weight is 472 g/mol. The van der Waals surface area contributed by atoms with Gasteiger partial charge in [0.2, 0.25) is 10.0 Å². The fourth-order valence-electron chi connectivity index (χ4n) is 4.13. The number of aromatic amines is 2. The zero-order valence-corrected chi connectivity index (χ0v) is 19.6. The Morgan fingerprint density at radius 3 is 2.75 bits per heavy atom. The van der Waals surface area contributed by atoms with Crippen LogP contribution in [0.4, 0.5) is 5.82 Å². The number of nitrogens with zero attached hydrogens (tertiary/aromatic N) is 4. The molecule has 5 rings (SSSR count). The molecule has 168 valence electrons. The quantitative estimate of drug-likeness (QED) is 0.397. The van der Waals surface area contributed by atoms with Gasteiger partial charge in [-0.25, -0.2) is 23.1 Å². The highest BCUT2D eigenvalue weighted by Gasteiger charge is 2.27. The van der Waals surface area contributed by atoms with Crippen LogP contribution in [0.15, 0.2) is 34.9 Å². The molecule has 0 amide bonds. The molecular weight excluding hydrogens is 446 g/mol. The van der Waals surface area contributed by atoms with Crippen LogP contribution in [-0.4, -0.2) is 52.7 Å². The van der Waals surface area contributed by atoms with Crippen LogP contribution in [0.3, 0.4) is 0 Å². The maximum absolute atomic E-state index is 12.8. The zero-order chi connectivity index (χ0) is 22.3. The number of piperidine rings is 1. The fourth-order valence-corrected chi connectivity index (χ4v) is 6.74. The van der Waals surface area contributed by atoms with Crippen LogP contribution in [-0.2, 0) is 16.4 Å². The first kappa shape index (κ1) is 21.1. The summed E-state index contributed by atoms with van der Waals surface area (Å²) in [4.78, 5) is 15.6. The summed E-state index contributed by atoms with van der Waals surface area (Å²) in [6.45, 7) is 5.44. The van der Waals surface area contributed by atoms with Gasteiger partial charge in [-0.3, -0.25) is 5.10 Å². The molecule has 0 aliphatic carbocycles. The summed E-state index contributed by atoms with van der Waals surface area (Å²) in [5.41, 5.74) is 3.70. The molecule has 0 radical (unpaired) electrons. The van der Waals surface area contributed by atoms with Crippen molar-refractivity contribution in [2.24, 2.45) is 0 Å². The lowest BCUT2D eigenvalue weighted by Crippen LogP contribution is -2.44. The van der Waals surface area contributed by atoms with E-state index in [4.69, 9.17) is 0 Å². The van der Waals surface area contributed by atoms with Crippen LogP contribution in [0.5, 0.6) is 0 Å². The Labute approximate surface area is 190 Å². The van der Waals surface area contributed by atoms with Gasteiger partial charge in [0.25, 0.3) is 0 Å². The Bertz CT molecular complexity index is 1350. The Balaban J connectivity index is 1.31. The van der Waals surface area contributed by atoms with Gasteiger partial charge in [0.1, 0.15) is 22.0 Å². The minimum Gasteiger partial charge on any atom is -0.356 e. The molecule has 3 N–H and O–H groups in total. The predicted octanol–water partition coefficient (Wildman–Crippen LogP) is 3.23. The summed E-state index contributed by atoms with van der Waals surface area (Å²) >= 11 is 1.34. The van der Waals surface area contributed by atoms with Crippen molar-refractivity contribution in [3.63, 3.8) is 0 Å². The van der Waals surface area contributed by atoms with E-state index in [1.165, 1.54) is 11.3 Å². The van der Waals surface area contributed by atoms with E-state index in [-0.39, 0.29) is 6.04 Å². The minimum absolute atomic E-state index is 0.0869. The lowest BCUT2D eigenvalue weighted by molar-refractivity contribution is 0.459. The molecular formula is C21H25N7O2S2. The molecule has 4 aromatic heterocycles. The van der Waals surface area contributed by atoms with Crippen LogP contribution in [0, 0.1) is 6.92 Å². The van der Waals surface area contributed by atoms with Crippen molar-refractivity contribution in [2.45, 2.75) is 43.4 Å². The van der Waals surface area contributed by atoms with Crippen molar-refractivity contribution < 1.29 is 8.42 Å². The van der Waals surface area contributed by atoms with Crippen molar-refractivity contribution in [1.82, 2.24) is 29.9 Å². The van der Waals surface area contributed by atoms with Crippen molar-refractivity contribution in [2.75, 3.05) is 18.0 Å². The predicted molar refractivity (Wildman–Crippen MR) is 125 cm³/mol. The third-order valence-electron chi connectivity index (χ3n) is 5.89. The van der Waals surface area contributed by atoms with Crippen LogP contribution >= 0.6 is 11.3 Å². The van der Waals surface area contributed by atoms with Crippen molar-refractivity contribution in [3.05, 3.63) is 41.3 Å². The number of hydrogen-bond donors (Lipinski definition) is 3. The maximum atomic E-state index is 12.8. The van der Waals surface area contributed by atoms with Crippen molar-refractivity contribution in [3.8, 4) is 11.3 Å². The summed E-state index contributed by atoms with van der Waals surface area (Å²) in [5, 5.41) is 8.01. The summed E-state index contributed by atoms with van der Waals surface area (Å²) < 4.78 is 28.8. The molecule has 0 aromatic carbocycles. The van der Waals surface area contributed by atoms with Crippen LogP contribution in [0.25, 0.3) is 22.3 Å². The second kappa shape index (κ2) is 8.30. The number of thiophene rings is 1. The molecule has 1 aliphatic heterocycles. The van der Waals surface area contributed by atoms with Gasteiger partial charge in [-0.2, -0.15) is 5.10 Å². The Morgan fingerprint density at radius 2 is 2.06 bits per heavy atom. The minimum atomic E-state index is -3.48. The smallest absolute Gasteiger partial charge is 0.250 e. The van der Waals surface area contributed by atoms with Gasteiger partial charge in [0.05, 0.1) is 17.3 Å². The number of H-pyrrole nitrogens is 2. The highest BCUT2D eigenvalue weighted by molar-refractivity contribution is 7.91. The number of aryl methyl sites for hydroxylation is 2. The lowest BCUT2D eigenvalue weighted by atomic mass is 10.1. The number of aromatic nitrogens is 5. The van der Waals surface area contributed by atoms with E-state index in [1.54, 1.807) is 18.6 Å². The molecule has 5 heterocycles. The van der Waals surface area contributed by atoms with E-state index < -0.39 is 10.0 Å². The molecule has 4 aromatic rings. The van der Waals surface area contributed by atoms with E-state index in [0.29, 0.717) is 4.21 Å².